The highest BCUT2D eigenvalue weighted by Gasteiger charge is 2.20. The van der Waals surface area contributed by atoms with Gasteiger partial charge in [-0.25, -0.2) is 0 Å². The summed E-state index contributed by atoms with van der Waals surface area (Å²) in [5, 5.41) is 3.67. The van der Waals surface area contributed by atoms with Crippen molar-refractivity contribution >= 4 is 0 Å². The summed E-state index contributed by atoms with van der Waals surface area (Å²) >= 11 is 0. The molecular weight excluding hydrogens is 246 g/mol. The van der Waals surface area contributed by atoms with E-state index in [2.05, 4.69) is 57.3 Å². The maximum absolute atomic E-state index is 5.63. The molecular formula is C18H25NO. The van der Waals surface area contributed by atoms with Crippen LogP contribution in [0.15, 0.2) is 34.9 Å². The fourth-order valence-electron chi connectivity index (χ4n) is 2.64. The minimum absolute atomic E-state index is 0.226. The summed E-state index contributed by atoms with van der Waals surface area (Å²) in [6.45, 7) is 9.68. The van der Waals surface area contributed by atoms with Crippen molar-refractivity contribution in [2.45, 2.75) is 46.6 Å². The highest BCUT2D eigenvalue weighted by atomic mass is 16.3. The second-order valence-corrected chi connectivity index (χ2v) is 5.40. The zero-order valence-electron chi connectivity index (χ0n) is 13.0. The van der Waals surface area contributed by atoms with Crippen LogP contribution in [0.2, 0.25) is 0 Å². The first-order valence-electron chi connectivity index (χ1n) is 7.54. The Balaban J connectivity index is 2.44. The first-order chi connectivity index (χ1) is 9.67. The maximum Gasteiger partial charge on any atom is 0.108 e. The maximum atomic E-state index is 5.63. The molecule has 1 N–H and O–H groups in total. The Labute approximate surface area is 122 Å². The highest BCUT2D eigenvalue weighted by molar-refractivity contribution is 5.40. The predicted molar refractivity (Wildman–Crippen MR) is 84.1 cm³/mol. The van der Waals surface area contributed by atoms with E-state index < -0.39 is 0 Å². The van der Waals surface area contributed by atoms with Crippen molar-refractivity contribution in [2.24, 2.45) is 0 Å². The van der Waals surface area contributed by atoms with Gasteiger partial charge in [0.05, 0.1) is 12.3 Å². The quantitative estimate of drug-likeness (QED) is 0.834. The van der Waals surface area contributed by atoms with E-state index >= 15 is 0 Å². The van der Waals surface area contributed by atoms with Crippen LogP contribution < -0.4 is 5.32 Å². The minimum Gasteiger partial charge on any atom is -0.469 e. The molecule has 0 fully saturated rings. The minimum atomic E-state index is 0.226. The molecule has 108 valence electrons. The Morgan fingerprint density at radius 1 is 1.10 bits per heavy atom. The number of aryl methyl sites for hydroxylation is 3. The van der Waals surface area contributed by atoms with E-state index in [1.165, 1.54) is 22.3 Å². The van der Waals surface area contributed by atoms with Crippen molar-refractivity contribution in [1.29, 1.82) is 0 Å². The number of furan rings is 1. The van der Waals surface area contributed by atoms with Gasteiger partial charge >= 0.3 is 0 Å². The molecule has 0 aliphatic carbocycles. The third-order valence-corrected chi connectivity index (χ3v) is 3.76. The topological polar surface area (TPSA) is 25.2 Å². The van der Waals surface area contributed by atoms with Crippen LogP contribution in [0, 0.1) is 13.8 Å². The molecule has 0 aliphatic rings. The SMILES string of the molecule is CCCNC(c1cc(C)ccc1C)c1ccoc1CC. The molecule has 2 heteroatoms. The Morgan fingerprint density at radius 2 is 1.90 bits per heavy atom. The molecule has 0 saturated carbocycles. The average molecular weight is 271 g/mol. The lowest BCUT2D eigenvalue weighted by Gasteiger charge is -2.21. The van der Waals surface area contributed by atoms with Crippen LogP contribution in [0.1, 0.15) is 54.3 Å². The van der Waals surface area contributed by atoms with Gasteiger partial charge in [-0.1, -0.05) is 37.6 Å². The second kappa shape index (κ2) is 6.76. The largest absolute Gasteiger partial charge is 0.469 e. The molecule has 2 aromatic rings. The molecule has 1 atom stereocenters. The lowest BCUT2D eigenvalue weighted by molar-refractivity contribution is 0.499. The van der Waals surface area contributed by atoms with Gasteiger partial charge in [-0.2, -0.15) is 0 Å². The first-order valence-corrected chi connectivity index (χ1v) is 7.54. The summed E-state index contributed by atoms with van der Waals surface area (Å²) in [6, 6.07) is 9.00. The molecule has 0 radical (unpaired) electrons. The summed E-state index contributed by atoms with van der Waals surface area (Å²) < 4.78 is 5.63. The molecule has 1 aromatic carbocycles. The van der Waals surface area contributed by atoms with E-state index in [4.69, 9.17) is 4.42 Å². The summed E-state index contributed by atoms with van der Waals surface area (Å²) in [5.74, 6) is 1.08. The van der Waals surface area contributed by atoms with Crippen molar-refractivity contribution in [2.75, 3.05) is 6.54 Å². The van der Waals surface area contributed by atoms with Crippen molar-refractivity contribution in [3.05, 3.63) is 58.5 Å². The Hall–Kier alpha value is -1.54. The fourth-order valence-corrected chi connectivity index (χ4v) is 2.64. The number of nitrogens with one attached hydrogen (secondary N) is 1. The Bertz CT molecular complexity index is 556. The third-order valence-electron chi connectivity index (χ3n) is 3.76. The van der Waals surface area contributed by atoms with Crippen molar-refractivity contribution < 1.29 is 4.42 Å². The number of rotatable bonds is 6. The summed E-state index contributed by atoms with van der Waals surface area (Å²) in [4.78, 5) is 0. The van der Waals surface area contributed by atoms with Gasteiger partial charge in [-0.3, -0.25) is 0 Å². The van der Waals surface area contributed by atoms with Crippen LogP contribution in [-0.2, 0) is 6.42 Å². The van der Waals surface area contributed by atoms with Crippen LogP contribution in [-0.4, -0.2) is 6.54 Å². The van der Waals surface area contributed by atoms with E-state index in [9.17, 15) is 0 Å². The number of hydrogen-bond donors (Lipinski definition) is 1. The number of hydrogen-bond acceptors (Lipinski definition) is 2. The first kappa shape index (κ1) is 14.9. The van der Waals surface area contributed by atoms with Gasteiger partial charge in [0.1, 0.15) is 5.76 Å². The van der Waals surface area contributed by atoms with Crippen LogP contribution in [0.25, 0.3) is 0 Å². The molecule has 0 saturated heterocycles. The van der Waals surface area contributed by atoms with E-state index in [-0.39, 0.29) is 6.04 Å². The van der Waals surface area contributed by atoms with Gasteiger partial charge < -0.3 is 9.73 Å². The highest BCUT2D eigenvalue weighted by Crippen LogP contribution is 2.29. The zero-order valence-corrected chi connectivity index (χ0v) is 13.0. The van der Waals surface area contributed by atoms with Crippen molar-refractivity contribution in [3.63, 3.8) is 0 Å². The molecule has 2 rings (SSSR count). The molecule has 0 spiro atoms. The average Bonchev–Trinajstić information content (AvgIpc) is 2.91. The van der Waals surface area contributed by atoms with E-state index in [1.807, 2.05) is 0 Å². The molecule has 1 unspecified atom stereocenters. The smallest absolute Gasteiger partial charge is 0.108 e. The van der Waals surface area contributed by atoms with Crippen molar-refractivity contribution in [1.82, 2.24) is 5.32 Å². The van der Waals surface area contributed by atoms with E-state index in [1.54, 1.807) is 6.26 Å². The lowest BCUT2D eigenvalue weighted by Crippen LogP contribution is -2.24. The van der Waals surface area contributed by atoms with Crippen LogP contribution in [0.4, 0.5) is 0 Å². The molecule has 1 aromatic heterocycles. The standard InChI is InChI=1S/C18H25NO/c1-5-10-19-18(15-9-11-20-17(15)6-2)16-12-13(3)7-8-14(16)4/h7-9,11-12,18-19H,5-6,10H2,1-4H3. The number of benzene rings is 1. The molecule has 0 aliphatic heterocycles. The van der Waals surface area contributed by atoms with Crippen molar-refractivity contribution in [3.8, 4) is 0 Å². The van der Waals surface area contributed by atoms with Gasteiger partial charge in [0, 0.05) is 12.0 Å². The summed E-state index contributed by atoms with van der Waals surface area (Å²) in [7, 11) is 0. The summed E-state index contributed by atoms with van der Waals surface area (Å²) in [6.07, 6.45) is 3.86. The molecule has 2 nitrogen and oxygen atoms in total. The molecule has 0 bridgehead atoms. The Morgan fingerprint density at radius 3 is 2.60 bits per heavy atom. The van der Waals surface area contributed by atoms with Gasteiger partial charge in [0.25, 0.3) is 0 Å². The van der Waals surface area contributed by atoms with Crippen LogP contribution >= 0.6 is 0 Å². The zero-order chi connectivity index (χ0) is 14.5. The van der Waals surface area contributed by atoms with Crippen LogP contribution in [0.5, 0.6) is 0 Å². The molecule has 1 heterocycles. The monoisotopic (exact) mass is 271 g/mol. The lowest BCUT2D eigenvalue weighted by atomic mass is 9.93. The van der Waals surface area contributed by atoms with Crippen LogP contribution in [0.3, 0.4) is 0 Å². The Kier molecular flexibility index (Phi) is 5.02. The van der Waals surface area contributed by atoms with E-state index in [0.717, 1.165) is 25.1 Å². The molecule has 0 amide bonds. The third kappa shape index (κ3) is 3.13. The normalized spacial score (nSPS) is 12.6. The van der Waals surface area contributed by atoms with Gasteiger partial charge in [0.2, 0.25) is 0 Å². The van der Waals surface area contributed by atoms with Gasteiger partial charge in [-0.15, -0.1) is 0 Å². The molecule has 20 heavy (non-hydrogen) atoms. The predicted octanol–water partition coefficient (Wildman–Crippen LogP) is 4.55. The van der Waals surface area contributed by atoms with Gasteiger partial charge in [-0.05, 0) is 44.0 Å². The van der Waals surface area contributed by atoms with E-state index in [0.29, 0.717) is 0 Å². The second-order valence-electron chi connectivity index (χ2n) is 5.40. The fraction of sp³-hybridized carbons (Fsp3) is 0.444. The van der Waals surface area contributed by atoms with Gasteiger partial charge in [0.15, 0.2) is 0 Å². The summed E-state index contributed by atoms with van der Waals surface area (Å²) in [5.41, 5.74) is 5.26.